The molecule has 0 saturated carbocycles. The standard InChI is InChI=1S/C31H24Br2N4/c32-25-15-11-22(12-16-25)27-19-28(23-9-5-2-6-10-23)37(20-21-7-3-1-4-8-21)31-30(34-27)29(35-36-31)24-13-17-26(33)18-14-24/h1-18,28H,19-20H2,(H,35,36)/t28-/m0/s1. The van der Waals surface area contributed by atoms with E-state index in [1.54, 1.807) is 0 Å². The van der Waals surface area contributed by atoms with Crippen molar-refractivity contribution >= 4 is 49.1 Å². The number of aromatic amines is 1. The summed E-state index contributed by atoms with van der Waals surface area (Å²) in [6.45, 7) is 0.723. The average molecular weight is 612 g/mol. The van der Waals surface area contributed by atoms with Crippen LogP contribution in [0.15, 0.2) is 123 Å². The zero-order chi connectivity index (χ0) is 25.2. The van der Waals surface area contributed by atoms with E-state index in [2.05, 4.69) is 139 Å². The van der Waals surface area contributed by atoms with Gasteiger partial charge in [-0.05, 0) is 41.0 Å². The number of aliphatic imine (C=N–C) groups is 1. The number of benzene rings is 4. The number of halogens is 2. The third-order valence-corrected chi connectivity index (χ3v) is 7.75. The Morgan fingerprint density at radius 3 is 1.97 bits per heavy atom. The number of hydrogen-bond donors (Lipinski definition) is 1. The molecular weight excluding hydrogens is 588 g/mol. The Bertz CT molecular complexity index is 1530. The van der Waals surface area contributed by atoms with Crippen molar-refractivity contribution in [3.05, 3.63) is 135 Å². The van der Waals surface area contributed by atoms with Crippen LogP contribution in [0.4, 0.5) is 11.5 Å². The van der Waals surface area contributed by atoms with Crippen LogP contribution >= 0.6 is 31.9 Å². The van der Waals surface area contributed by atoms with Crippen LogP contribution < -0.4 is 4.90 Å². The van der Waals surface area contributed by atoms with Gasteiger partial charge in [0.15, 0.2) is 5.82 Å². The van der Waals surface area contributed by atoms with Gasteiger partial charge in [0.2, 0.25) is 0 Å². The lowest BCUT2D eigenvalue weighted by Crippen LogP contribution is -2.29. The molecule has 0 bridgehead atoms. The third-order valence-electron chi connectivity index (χ3n) is 6.69. The molecule has 182 valence electrons. The fourth-order valence-electron chi connectivity index (χ4n) is 4.83. The Morgan fingerprint density at radius 1 is 0.730 bits per heavy atom. The molecule has 0 fully saturated rings. The van der Waals surface area contributed by atoms with Gasteiger partial charge in [0.25, 0.3) is 0 Å². The summed E-state index contributed by atoms with van der Waals surface area (Å²) in [5, 5.41) is 8.21. The van der Waals surface area contributed by atoms with Gasteiger partial charge in [-0.25, -0.2) is 4.99 Å². The molecule has 0 saturated heterocycles. The molecule has 0 amide bonds. The molecule has 0 radical (unpaired) electrons. The first-order chi connectivity index (χ1) is 18.2. The highest BCUT2D eigenvalue weighted by atomic mass is 79.9. The fourth-order valence-corrected chi connectivity index (χ4v) is 5.36. The summed E-state index contributed by atoms with van der Waals surface area (Å²) in [5.74, 6) is 0.864. The molecule has 1 aromatic heterocycles. The molecule has 0 spiro atoms. The summed E-state index contributed by atoms with van der Waals surface area (Å²) in [4.78, 5) is 7.72. The smallest absolute Gasteiger partial charge is 0.177 e. The molecule has 0 unspecified atom stereocenters. The average Bonchev–Trinajstić information content (AvgIpc) is 3.28. The maximum absolute atomic E-state index is 5.32. The number of H-pyrrole nitrogens is 1. The lowest BCUT2D eigenvalue weighted by molar-refractivity contribution is 0.633. The van der Waals surface area contributed by atoms with E-state index in [1.165, 1.54) is 11.1 Å². The molecule has 0 aliphatic carbocycles. The van der Waals surface area contributed by atoms with Crippen molar-refractivity contribution in [2.75, 3.05) is 4.90 Å². The number of hydrogen-bond acceptors (Lipinski definition) is 3. The van der Waals surface area contributed by atoms with E-state index in [0.717, 1.165) is 55.9 Å². The molecular formula is C31H24Br2N4. The van der Waals surface area contributed by atoms with Crippen molar-refractivity contribution in [1.29, 1.82) is 0 Å². The van der Waals surface area contributed by atoms with E-state index < -0.39 is 0 Å². The van der Waals surface area contributed by atoms with E-state index in [1.807, 2.05) is 12.1 Å². The minimum atomic E-state index is 0.0612. The first kappa shape index (κ1) is 23.9. The Kier molecular flexibility index (Phi) is 6.77. The van der Waals surface area contributed by atoms with Gasteiger partial charge in [-0.3, -0.25) is 5.10 Å². The monoisotopic (exact) mass is 610 g/mol. The van der Waals surface area contributed by atoms with Crippen molar-refractivity contribution in [1.82, 2.24) is 10.2 Å². The quantitative estimate of drug-likeness (QED) is 0.216. The zero-order valence-corrected chi connectivity index (χ0v) is 23.2. The normalized spacial score (nSPS) is 15.1. The summed E-state index contributed by atoms with van der Waals surface area (Å²) in [6, 6.07) is 38.0. The summed E-state index contributed by atoms with van der Waals surface area (Å²) < 4.78 is 2.09. The molecule has 1 aliphatic rings. The molecule has 5 aromatic rings. The van der Waals surface area contributed by atoms with Gasteiger partial charge in [-0.15, -0.1) is 0 Å². The van der Waals surface area contributed by atoms with Gasteiger partial charge in [0, 0.05) is 27.5 Å². The molecule has 1 N–H and O–H groups in total. The molecule has 1 aliphatic heterocycles. The first-order valence-corrected chi connectivity index (χ1v) is 13.8. The second-order valence-electron chi connectivity index (χ2n) is 9.09. The number of rotatable bonds is 5. The summed E-state index contributed by atoms with van der Waals surface area (Å²) >= 11 is 7.14. The summed E-state index contributed by atoms with van der Waals surface area (Å²) in [6.07, 6.45) is 0.759. The second-order valence-corrected chi connectivity index (χ2v) is 10.9. The van der Waals surface area contributed by atoms with Gasteiger partial charge in [0.1, 0.15) is 5.69 Å². The van der Waals surface area contributed by atoms with Crippen molar-refractivity contribution in [2.45, 2.75) is 19.0 Å². The summed E-state index contributed by atoms with van der Waals surface area (Å²) in [7, 11) is 0. The largest absolute Gasteiger partial charge is 0.342 e. The van der Waals surface area contributed by atoms with Crippen molar-refractivity contribution in [3.63, 3.8) is 0 Å². The maximum atomic E-state index is 5.32. The van der Waals surface area contributed by atoms with Gasteiger partial charge in [-0.2, -0.15) is 5.10 Å². The lowest BCUT2D eigenvalue weighted by Gasteiger charge is -2.31. The SMILES string of the molecule is Brc1ccc(C2=Nc3c(n[nH]c3-c3ccc(Br)cc3)N(Cc3ccccc3)[C@H](c3ccccc3)C2)cc1. The predicted molar refractivity (Wildman–Crippen MR) is 158 cm³/mol. The van der Waals surface area contributed by atoms with Crippen LogP contribution in [0, 0.1) is 0 Å². The van der Waals surface area contributed by atoms with Crippen LogP contribution in [0.1, 0.15) is 29.2 Å². The Balaban J connectivity index is 1.55. The van der Waals surface area contributed by atoms with Crippen LogP contribution in [0.2, 0.25) is 0 Å². The van der Waals surface area contributed by atoms with Crippen molar-refractivity contribution < 1.29 is 0 Å². The highest BCUT2D eigenvalue weighted by Crippen LogP contribution is 2.45. The Labute approximate surface area is 233 Å². The van der Waals surface area contributed by atoms with Crippen molar-refractivity contribution in [3.8, 4) is 11.3 Å². The predicted octanol–water partition coefficient (Wildman–Crippen LogP) is 8.87. The molecule has 6 heteroatoms. The minimum absolute atomic E-state index is 0.0612. The molecule has 2 heterocycles. The third kappa shape index (κ3) is 5.04. The van der Waals surface area contributed by atoms with Crippen LogP contribution in [0.25, 0.3) is 11.3 Å². The fraction of sp³-hybridized carbons (Fsp3) is 0.0968. The van der Waals surface area contributed by atoms with Crippen molar-refractivity contribution in [2.24, 2.45) is 4.99 Å². The molecule has 1 atom stereocenters. The van der Waals surface area contributed by atoms with Crippen LogP contribution in [-0.2, 0) is 6.54 Å². The van der Waals surface area contributed by atoms with E-state index in [4.69, 9.17) is 10.1 Å². The molecule has 6 rings (SSSR count). The van der Waals surface area contributed by atoms with E-state index >= 15 is 0 Å². The van der Waals surface area contributed by atoms with E-state index in [-0.39, 0.29) is 6.04 Å². The van der Waals surface area contributed by atoms with E-state index in [9.17, 15) is 0 Å². The van der Waals surface area contributed by atoms with Gasteiger partial charge in [-0.1, -0.05) is 117 Å². The van der Waals surface area contributed by atoms with Crippen LogP contribution in [0.3, 0.4) is 0 Å². The topological polar surface area (TPSA) is 44.3 Å². The highest BCUT2D eigenvalue weighted by Gasteiger charge is 2.32. The molecule has 37 heavy (non-hydrogen) atoms. The number of aromatic nitrogens is 2. The number of anilines is 1. The first-order valence-electron chi connectivity index (χ1n) is 12.2. The van der Waals surface area contributed by atoms with Crippen LogP contribution in [-0.4, -0.2) is 15.9 Å². The Morgan fingerprint density at radius 2 is 1.32 bits per heavy atom. The highest BCUT2D eigenvalue weighted by molar-refractivity contribution is 9.10. The number of nitrogens with zero attached hydrogens (tertiary/aromatic N) is 3. The lowest BCUT2D eigenvalue weighted by atomic mass is 9.96. The van der Waals surface area contributed by atoms with E-state index in [0.29, 0.717) is 0 Å². The number of nitrogens with one attached hydrogen (secondary N) is 1. The summed E-state index contributed by atoms with van der Waals surface area (Å²) in [5.41, 5.74) is 7.46. The van der Waals surface area contributed by atoms with Gasteiger partial charge >= 0.3 is 0 Å². The second kappa shape index (κ2) is 10.5. The van der Waals surface area contributed by atoms with Gasteiger partial charge in [0.05, 0.1) is 17.4 Å². The minimum Gasteiger partial charge on any atom is -0.342 e. The molecule has 4 nitrogen and oxygen atoms in total. The Hall–Kier alpha value is -3.48. The maximum Gasteiger partial charge on any atom is 0.177 e. The molecule has 4 aromatic carbocycles. The van der Waals surface area contributed by atoms with Crippen LogP contribution in [0.5, 0.6) is 0 Å². The van der Waals surface area contributed by atoms with Gasteiger partial charge < -0.3 is 4.90 Å². The zero-order valence-electron chi connectivity index (χ0n) is 20.0. The number of fused-ring (bicyclic) bond motifs is 1.